The normalized spacial score (nSPS) is 12.7. The smallest absolute Gasteiger partial charge is 0.116 e. The van der Waals surface area contributed by atoms with Crippen molar-refractivity contribution < 1.29 is 5.11 Å². The summed E-state index contributed by atoms with van der Waals surface area (Å²) in [5.41, 5.74) is 4.17. The van der Waals surface area contributed by atoms with E-state index in [0.29, 0.717) is 5.75 Å². The molecule has 0 radical (unpaired) electrons. The summed E-state index contributed by atoms with van der Waals surface area (Å²) < 4.78 is 0. The molecule has 1 aromatic carbocycles. The van der Waals surface area contributed by atoms with Gasteiger partial charge >= 0.3 is 0 Å². The second kappa shape index (κ2) is 7.09. The van der Waals surface area contributed by atoms with Crippen molar-refractivity contribution in [2.24, 2.45) is 0 Å². The first-order chi connectivity index (χ1) is 9.57. The molecule has 0 aliphatic heterocycles. The second-order valence-corrected chi connectivity index (χ2v) is 9.21. The van der Waals surface area contributed by atoms with E-state index in [0.717, 1.165) is 6.42 Å². The van der Waals surface area contributed by atoms with Gasteiger partial charge in [0.15, 0.2) is 0 Å². The van der Waals surface area contributed by atoms with Crippen molar-refractivity contribution in [1.82, 2.24) is 0 Å². The lowest BCUT2D eigenvalue weighted by Gasteiger charge is -2.30. The molecule has 2 heteroatoms. The van der Waals surface area contributed by atoms with Crippen LogP contribution in [0.4, 0.5) is 0 Å². The summed E-state index contributed by atoms with van der Waals surface area (Å²) >= 11 is 2.01. The average molecular weight is 309 g/mol. The largest absolute Gasteiger partial charge is 0.508 e. The highest BCUT2D eigenvalue weighted by Crippen LogP contribution is 2.37. The first-order valence-electron chi connectivity index (χ1n) is 8.02. The quantitative estimate of drug-likeness (QED) is 0.707. The molecule has 0 aliphatic carbocycles. The Kier molecular flexibility index (Phi) is 6.22. The minimum Gasteiger partial charge on any atom is -0.508 e. The van der Waals surface area contributed by atoms with Gasteiger partial charge in [0.05, 0.1) is 0 Å². The summed E-state index contributed by atoms with van der Waals surface area (Å²) in [6.45, 7) is 15.6. The van der Waals surface area contributed by atoms with Crippen molar-refractivity contribution in [2.45, 2.75) is 72.1 Å². The van der Waals surface area contributed by atoms with Crippen LogP contribution < -0.4 is 0 Å². The fourth-order valence-electron chi connectivity index (χ4n) is 2.76. The molecule has 0 saturated carbocycles. The lowest BCUT2D eigenvalue weighted by atomic mass is 9.75. The van der Waals surface area contributed by atoms with Crippen LogP contribution in [-0.2, 0) is 17.3 Å². The average Bonchev–Trinajstić information content (AvgIpc) is 2.33. The fraction of sp³-hybridized carbons (Fsp3) is 0.684. The highest BCUT2D eigenvalue weighted by molar-refractivity contribution is 7.99. The Hall–Kier alpha value is -0.630. The Labute approximate surface area is 135 Å². The third-order valence-electron chi connectivity index (χ3n) is 3.77. The zero-order valence-electron chi connectivity index (χ0n) is 14.8. The molecule has 0 saturated heterocycles. The highest BCUT2D eigenvalue weighted by atomic mass is 32.2. The lowest BCUT2D eigenvalue weighted by molar-refractivity contribution is 0.463. The van der Waals surface area contributed by atoms with Crippen molar-refractivity contribution in [3.8, 4) is 5.75 Å². The van der Waals surface area contributed by atoms with Crippen molar-refractivity contribution in [3.63, 3.8) is 0 Å². The predicted octanol–water partition coefficient (Wildman–Crippen LogP) is 5.67. The first kappa shape index (κ1) is 18.4. The van der Waals surface area contributed by atoms with Gasteiger partial charge in [-0.05, 0) is 64.0 Å². The molecule has 0 fully saturated rings. The van der Waals surface area contributed by atoms with Crippen molar-refractivity contribution in [1.29, 1.82) is 0 Å². The summed E-state index contributed by atoms with van der Waals surface area (Å²) in [4.78, 5) is 0. The van der Waals surface area contributed by atoms with Gasteiger partial charge in [0.25, 0.3) is 0 Å². The second-order valence-electron chi connectivity index (χ2n) is 7.82. The van der Waals surface area contributed by atoms with E-state index in [2.05, 4.69) is 48.5 Å². The van der Waals surface area contributed by atoms with Gasteiger partial charge < -0.3 is 5.11 Å². The Balaban J connectivity index is 3.26. The first-order valence-corrected chi connectivity index (χ1v) is 9.17. The fourth-order valence-corrected chi connectivity index (χ4v) is 3.40. The zero-order chi connectivity index (χ0) is 16.3. The molecule has 0 unspecified atom stereocenters. The summed E-state index contributed by atoms with van der Waals surface area (Å²) in [6.07, 6.45) is 2.31. The van der Waals surface area contributed by atoms with Crippen molar-refractivity contribution in [2.75, 3.05) is 11.5 Å². The Bertz CT molecular complexity index is 428. The maximum atomic E-state index is 10.2. The van der Waals surface area contributed by atoms with Crippen LogP contribution >= 0.6 is 11.8 Å². The van der Waals surface area contributed by atoms with Gasteiger partial charge in [-0.3, -0.25) is 0 Å². The molecule has 0 heterocycles. The Morgan fingerprint density at radius 2 is 1.43 bits per heavy atom. The Morgan fingerprint density at radius 3 is 1.81 bits per heavy atom. The molecule has 0 aromatic heterocycles. The highest BCUT2D eigenvalue weighted by Gasteiger charge is 2.26. The van der Waals surface area contributed by atoms with E-state index in [-0.39, 0.29) is 10.8 Å². The van der Waals surface area contributed by atoms with Crippen LogP contribution in [0.2, 0.25) is 0 Å². The minimum atomic E-state index is 0.0615. The van der Waals surface area contributed by atoms with Crippen LogP contribution in [0.5, 0.6) is 5.75 Å². The van der Waals surface area contributed by atoms with E-state index in [1.165, 1.54) is 34.6 Å². The monoisotopic (exact) mass is 308 g/mol. The molecule has 1 nitrogen and oxygen atoms in total. The van der Waals surface area contributed by atoms with Crippen LogP contribution in [0, 0.1) is 0 Å². The third-order valence-corrected chi connectivity index (χ3v) is 4.76. The van der Waals surface area contributed by atoms with Gasteiger partial charge in [0.2, 0.25) is 0 Å². The molecular weight excluding hydrogens is 276 g/mol. The van der Waals surface area contributed by atoms with Gasteiger partial charge in [0, 0.05) is 0 Å². The SMILES string of the molecule is CCSCCCc1c(C(C)(C)C)cc(O)cc1C(C)(C)C. The summed E-state index contributed by atoms with van der Waals surface area (Å²) in [6, 6.07) is 3.94. The molecule has 0 atom stereocenters. The third kappa shape index (κ3) is 5.25. The molecule has 120 valence electrons. The van der Waals surface area contributed by atoms with Gasteiger partial charge in [-0.15, -0.1) is 0 Å². The Morgan fingerprint density at radius 1 is 0.952 bits per heavy atom. The van der Waals surface area contributed by atoms with E-state index >= 15 is 0 Å². The molecule has 0 amide bonds. The molecule has 1 aromatic rings. The van der Waals surface area contributed by atoms with E-state index < -0.39 is 0 Å². The number of phenolic OH excluding ortho intramolecular Hbond substituents is 1. The molecule has 21 heavy (non-hydrogen) atoms. The van der Waals surface area contributed by atoms with Crippen LogP contribution in [0.3, 0.4) is 0 Å². The van der Waals surface area contributed by atoms with Gasteiger partial charge in [-0.2, -0.15) is 11.8 Å². The standard InChI is InChI=1S/C19H32OS/c1-8-21-11-9-10-15-16(18(2,3)4)12-14(20)13-17(15)19(5,6)7/h12-13,20H,8-11H2,1-7H3. The maximum Gasteiger partial charge on any atom is 0.116 e. The number of rotatable bonds is 5. The molecule has 1 rings (SSSR count). The summed E-state index contributed by atoms with van der Waals surface area (Å²) in [5, 5.41) is 10.2. The summed E-state index contributed by atoms with van der Waals surface area (Å²) in [7, 11) is 0. The van der Waals surface area contributed by atoms with E-state index in [9.17, 15) is 5.11 Å². The van der Waals surface area contributed by atoms with Crippen LogP contribution in [0.1, 0.15) is 71.6 Å². The van der Waals surface area contributed by atoms with Crippen LogP contribution in [0.25, 0.3) is 0 Å². The number of aromatic hydroxyl groups is 1. The number of phenols is 1. The van der Waals surface area contributed by atoms with Crippen molar-refractivity contribution >= 4 is 11.8 Å². The van der Waals surface area contributed by atoms with Crippen LogP contribution in [0.15, 0.2) is 12.1 Å². The van der Waals surface area contributed by atoms with E-state index in [1.54, 1.807) is 0 Å². The number of benzene rings is 1. The van der Waals surface area contributed by atoms with Gasteiger partial charge in [-0.1, -0.05) is 48.5 Å². The molecule has 0 bridgehead atoms. The number of hydrogen-bond donors (Lipinski definition) is 1. The molecule has 0 spiro atoms. The number of thioether (sulfide) groups is 1. The summed E-state index contributed by atoms with van der Waals surface area (Å²) in [5.74, 6) is 2.80. The topological polar surface area (TPSA) is 20.2 Å². The van der Waals surface area contributed by atoms with E-state index in [1.807, 2.05) is 23.9 Å². The zero-order valence-corrected chi connectivity index (χ0v) is 15.7. The predicted molar refractivity (Wildman–Crippen MR) is 96.8 cm³/mol. The molecule has 0 aliphatic rings. The maximum absolute atomic E-state index is 10.2. The van der Waals surface area contributed by atoms with Crippen molar-refractivity contribution in [3.05, 3.63) is 28.8 Å². The minimum absolute atomic E-state index is 0.0615. The van der Waals surface area contributed by atoms with Crippen LogP contribution in [-0.4, -0.2) is 16.6 Å². The van der Waals surface area contributed by atoms with Gasteiger partial charge in [-0.25, -0.2) is 0 Å². The van der Waals surface area contributed by atoms with E-state index in [4.69, 9.17) is 0 Å². The molecule has 1 N–H and O–H groups in total. The number of hydrogen-bond acceptors (Lipinski definition) is 2. The lowest BCUT2D eigenvalue weighted by Crippen LogP contribution is -2.21. The van der Waals surface area contributed by atoms with Gasteiger partial charge in [0.1, 0.15) is 5.75 Å². The molecular formula is C19H32OS.